The van der Waals surface area contributed by atoms with Crippen molar-refractivity contribution in [2.45, 2.75) is 38.3 Å². The molecule has 4 N–H and O–H groups in total. The second-order valence-corrected chi connectivity index (χ2v) is 4.95. The Morgan fingerprint density at radius 1 is 1.69 bits per heavy atom. The van der Waals surface area contributed by atoms with Crippen LogP contribution in [-0.2, 0) is 0 Å². The zero-order valence-electron chi connectivity index (χ0n) is 9.19. The fraction of sp³-hybridized carbons (Fsp3) is 0.600. The number of hydrogen-bond acceptors (Lipinski definition) is 4. The highest BCUT2D eigenvalue weighted by atomic mass is 32.1. The van der Waals surface area contributed by atoms with Gasteiger partial charge in [0.15, 0.2) is 5.13 Å². The Bertz CT molecular complexity index is 373. The molecule has 2 rings (SSSR count). The number of hydrogen-bond donors (Lipinski definition) is 3. The molecule has 1 heterocycles. The maximum Gasteiger partial charge on any atom is 0.321 e. The van der Waals surface area contributed by atoms with Gasteiger partial charge in [-0.2, -0.15) is 0 Å². The van der Waals surface area contributed by atoms with Gasteiger partial charge in [0, 0.05) is 17.5 Å². The van der Waals surface area contributed by atoms with Crippen molar-refractivity contribution in [3.8, 4) is 0 Å². The molecule has 88 valence electrons. The summed E-state index contributed by atoms with van der Waals surface area (Å²) in [6.07, 6.45) is 3.36. The first kappa shape index (κ1) is 11.3. The maximum atomic E-state index is 11.5. The number of carbonyl (C=O) groups excluding carboxylic acids is 1. The van der Waals surface area contributed by atoms with Gasteiger partial charge < -0.3 is 11.1 Å². The summed E-state index contributed by atoms with van der Waals surface area (Å²) in [4.78, 5) is 15.7. The van der Waals surface area contributed by atoms with Crippen molar-refractivity contribution in [2.75, 3.05) is 5.32 Å². The lowest BCUT2D eigenvalue weighted by Gasteiger charge is -2.26. The molecule has 1 aliphatic carbocycles. The van der Waals surface area contributed by atoms with E-state index in [1.807, 2.05) is 12.3 Å². The molecular formula is C10H16N4OS. The number of nitrogens with one attached hydrogen (secondary N) is 2. The molecule has 16 heavy (non-hydrogen) atoms. The fourth-order valence-corrected chi connectivity index (χ4v) is 2.23. The lowest BCUT2D eigenvalue weighted by atomic mass is 9.93. The quantitative estimate of drug-likeness (QED) is 0.754. The number of aromatic nitrogens is 1. The van der Waals surface area contributed by atoms with Crippen LogP contribution in [0.4, 0.5) is 9.93 Å². The highest BCUT2D eigenvalue weighted by molar-refractivity contribution is 7.13. The normalized spacial score (nSPS) is 17.6. The number of nitrogens with zero attached hydrogens (tertiary/aromatic N) is 1. The van der Waals surface area contributed by atoms with Crippen LogP contribution >= 0.6 is 11.3 Å². The minimum atomic E-state index is -0.171. The monoisotopic (exact) mass is 240 g/mol. The summed E-state index contributed by atoms with van der Waals surface area (Å²) in [6.45, 7) is 1.87. The van der Waals surface area contributed by atoms with Crippen LogP contribution in [-0.4, -0.2) is 17.1 Å². The second kappa shape index (κ2) is 4.80. The van der Waals surface area contributed by atoms with Crippen LogP contribution in [0.15, 0.2) is 5.38 Å². The summed E-state index contributed by atoms with van der Waals surface area (Å²) in [5, 5.41) is 8.07. The molecule has 1 aromatic rings. The number of nitrogens with two attached hydrogens (primary N) is 1. The van der Waals surface area contributed by atoms with E-state index in [4.69, 9.17) is 5.73 Å². The predicted octanol–water partition coefficient (Wildman–Crippen LogP) is 1.84. The summed E-state index contributed by atoms with van der Waals surface area (Å²) >= 11 is 1.40. The predicted molar refractivity (Wildman–Crippen MR) is 64.5 cm³/mol. The van der Waals surface area contributed by atoms with Crippen LogP contribution in [0, 0.1) is 0 Å². The van der Waals surface area contributed by atoms with Crippen molar-refractivity contribution in [3.63, 3.8) is 0 Å². The smallest absolute Gasteiger partial charge is 0.321 e. The summed E-state index contributed by atoms with van der Waals surface area (Å²) in [6, 6.07) is 0.0737. The van der Waals surface area contributed by atoms with Gasteiger partial charge >= 0.3 is 6.03 Å². The van der Waals surface area contributed by atoms with E-state index in [9.17, 15) is 4.79 Å². The van der Waals surface area contributed by atoms with Gasteiger partial charge in [-0.3, -0.25) is 5.32 Å². The molecule has 1 aromatic heterocycles. The topological polar surface area (TPSA) is 80.0 Å². The first-order valence-corrected chi connectivity index (χ1v) is 6.31. The van der Waals surface area contributed by atoms with Crippen molar-refractivity contribution < 1.29 is 4.79 Å². The van der Waals surface area contributed by atoms with Crippen molar-refractivity contribution >= 4 is 22.5 Å². The standard InChI is InChI=1S/C10H16N4OS/c1-6(11)8-5-16-10(13-8)14-9(15)12-7-3-2-4-7/h5-7H,2-4,11H2,1H3,(H2,12,13,14,15). The van der Waals surface area contributed by atoms with Crippen molar-refractivity contribution in [3.05, 3.63) is 11.1 Å². The molecule has 5 nitrogen and oxygen atoms in total. The molecule has 0 aliphatic heterocycles. The second-order valence-electron chi connectivity index (χ2n) is 4.09. The molecule has 0 aromatic carbocycles. The number of carbonyl (C=O) groups is 1. The van der Waals surface area contributed by atoms with Crippen molar-refractivity contribution in [1.82, 2.24) is 10.3 Å². The number of thiazole rings is 1. The Morgan fingerprint density at radius 2 is 2.44 bits per heavy atom. The number of urea groups is 1. The lowest BCUT2D eigenvalue weighted by Crippen LogP contribution is -2.41. The summed E-state index contributed by atoms with van der Waals surface area (Å²) in [5.41, 5.74) is 6.49. The Labute approximate surface area is 98.4 Å². The van der Waals surface area contributed by atoms with Crippen LogP contribution in [0.25, 0.3) is 0 Å². The van der Waals surface area contributed by atoms with Crippen LogP contribution in [0.2, 0.25) is 0 Å². The molecule has 2 amide bonds. The van der Waals surface area contributed by atoms with Gasteiger partial charge in [0.05, 0.1) is 5.69 Å². The molecule has 1 unspecified atom stereocenters. The van der Waals surface area contributed by atoms with Gasteiger partial charge in [-0.25, -0.2) is 9.78 Å². The largest absolute Gasteiger partial charge is 0.335 e. The van der Waals surface area contributed by atoms with Crippen LogP contribution in [0.1, 0.15) is 37.9 Å². The summed E-state index contributed by atoms with van der Waals surface area (Å²) in [7, 11) is 0. The van der Waals surface area contributed by atoms with Gasteiger partial charge in [0.2, 0.25) is 0 Å². The summed E-state index contributed by atoms with van der Waals surface area (Å²) in [5.74, 6) is 0. The van der Waals surface area contributed by atoms with E-state index in [2.05, 4.69) is 15.6 Å². The molecule has 0 saturated heterocycles. The maximum absolute atomic E-state index is 11.5. The molecule has 1 saturated carbocycles. The van der Waals surface area contributed by atoms with Crippen molar-refractivity contribution in [2.24, 2.45) is 5.73 Å². The summed E-state index contributed by atoms with van der Waals surface area (Å²) < 4.78 is 0. The Hall–Kier alpha value is -1.14. The van der Waals surface area contributed by atoms with E-state index in [0.717, 1.165) is 18.5 Å². The lowest BCUT2D eigenvalue weighted by molar-refractivity contribution is 0.240. The molecule has 1 atom stereocenters. The van der Waals surface area contributed by atoms with E-state index < -0.39 is 0 Å². The SMILES string of the molecule is CC(N)c1csc(NC(=O)NC2CCC2)n1. The first-order chi connectivity index (χ1) is 7.65. The van der Waals surface area contributed by atoms with Gasteiger partial charge in [-0.1, -0.05) is 0 Å². The van der Waals surface area contributed by atoms with Crippen LogP contribution in [0.3, 0.4) is 0 Å². The van der Waals surface area contributed by atoms with Crippen molar-refractivity contribution in [1.29, 1.82) is 0 Å². The van der Waals surface area contributed by atoms with Crippen LogP contribution in [0.5, 0.6) is 0 Å². The third-order valence-electron chi connectivity index (χ3n) is 2.65. The van der Waals surface area contributed by atoms with E-state index in [1.165, 1.54) is 17.8 Å². The fourth-order valence-electron chi connectivity index (χ4n) is 1.42. The van der Waals surface area contributed by atoms with Gasteiger partial charge in [0.1, 0.15) is 0 Å². The van der Waals surface area contributed by atoms with E-state index in [-0.39, 0.29) is 12.1 Å². The molecule has 1 aliphatic rings. The minimum Gasteiger partial charge on any atom is -0.335 e. The van der Waals surface area contributed by atoms with Gasteiger partial charge in [-0.05, 0) is 26.2 Å². The highest BCUT2D eigenvalue weighted by Crippen LogP contribution is 2.20. The molecule has 1 fully saturated rings. The molecular weight excluding hydrogens is 224 g/mol. The molecule has 6 heteroatoms. The number of rotatable bonds is 3. The molecule has 0 spiro atoms. The zero-order valence-corrected chi connectivity index (χ0v) is 10.0. The molecule has 0 bridgehead atoms. The van der Waals surface area contributed by atoms with Gasteiger partial charge in [0.25, 0.3) is 0 Å². The average molecular weight is 240 g/mol. The zero-order chi connectivity index (χ0) is 11.5. The number of anilines is 1. The highest BCUT2D eigenvalue weighted by Gasteiger charge is 2.19. The Morgan fingerprint density at radius 3 is 2.94 bits per heavy atom. The molecule has 0 radical (unpaired) electrons. The first-order valence-electron chi connectivity index (χ1n) is 5.43. The third kappa shape index (κ3) is 2.70. The van der Waals surface area contributed by atoms with E-state index in [0.29, 0.717) is 11.2 Å². The van der Waals surface area contributed by atoms with E-state index >= 15 is 0 Å². The van der Waals surface area contributed by atoms with Gasteiger partial charge in [-0.15, -0.1) is 11.3 Å². The average Bonchev–Trinajstić information content (AvgIpc) is 2.60. The van der Waals surface area contributed by atoms with Crippen LogP contribution < -0.4 is 16.4 Å². The minimum absolute atomic E-state index is 0.0958. The van der Waals surface area contributed by atoms with E-state index in [1.54, 1.807) is 0 Å². The number of amides is 2. The Kier molecular flexibility index (Phi) is 3.40. The Balaban J connectivity index is 1.85. The third-order valence-corrected chi connectivity index (χ3v) is 3.43.